The summed E-state index contributed by atoms with van der Waals surface area (Å²) in [6, 6.07) is 0. The predicted octanol–water partition coefficient (Wildman–Crippen LogP) is 2.37. The second kappa shape index (κ2) is 10.8. The molecule has 22 heavy (non-hydrogen) atoms. The molecule has 1 aliphatic heterocycles. The number of hydrogen-bond acceptors (Lipinski definition) is 4. The maximum absolute atomic E-state index is 11.1. The van der Waals surface area contributed by atoms with Crippen LogP contribution < -0.4 is 5.32 Å². The molecule has 0 bridgehead atoms. The van der Waals surface area contributed by atoms with E-state index in [1.807, 2.05) is 0 Å². The molecular weight excluding hydrogens is 298 g/mol. The van der Waals surface area contributed by atoms with Gasteiger partial charge in [-0.3, -0.25) is 9.79 Å². The number of thioether (sulfide) groups is 1. The fourth-order valence-corrected chi connectivity index (χ4v) is 3.66. The van der Waals surface area contributed by atoms with E-state index in [1.54, 1.807) is 0 Å². The molecule has 1 fully saturated rings. The molecule has 0 aliphatic carbocycles. The van der Waals surface area contributed by atoms with Crippen LogP contribution in [0.25, 0.3) is 0 Å². The molecule has 128 valence electrons. The van der Waals surface area contributed by atoms with Crippen molar-refractivity contribution in [3.05, 3.63) is 0 Å². The van der Waals surface area contributed by atoms with E-state index in [2.05, 4.69) is 47.5 Å². The highest BCUT2D eigenvalue weighted by Gasteiger charge is 2.24. The second-order valence-corrected chi connectivity index (χ2v) is 7.22. The van der Waals surface area contributed by atoms with Gasteiger partial charge >= 0.3 is 5.97 Å². The Morgan fingerprint density at radius 3 is 2.86 bits per heavy atom. The van der Waals surface area contributed by atoms with Gasteiger partial charge in [0.2, 0.25) is 0 Å². The van der Waals surface area contributed by atoms with Crippen LogP contribution in [0.4, 0.5) is 0 Å². The number of esters is 1. The highest BCUT2D eigenvalue weighted by atomic mass is 32.2. The summed E-state index contributed by atoms with van der Waals surface area (Å²) in [4.78, 5) is 18.2. The molecule has 0 aromatic rings. The minimum atomic E-state index is -0.135. The Hall–Kier alpha value is -0.910. The summed E-state index contributed by atoms with van der Waals surface area (Å²) in [5.74, 6) is 2.74. The van der Waals surface area contributed by atoms with Gasteiger partial charge in [0.15, 0.2) is 5.96 Å². The zero-order valence-corrected chi connectivity index (χ0v) is 15.2. The molecule has 0 amide bonds. The van der Waals surface area contributed by atoms with Crippen LogP contribution in [0, 0.1) is 5.92 Å². The molecule has 1 rings (SSSR count). The number of aliphatic imine (C=N–C) groups is 1. The molecule has 0 spiro atoms. The number of ether oxygens (including phenoxy) is 1. The summed E-state index contributed by atoms with van der Waals surface area (Å²) < 4.78 is 4.65. The van der Waals surface area contributed by atoms with Crippen LogP contribution in [-0.4, -0.2) is 61.1 Å². The van der Waals surface area contributed by atoms with E-state index in [9.17, 15) is 4.79 Å². The monoisotopic (exact) mass is 329 g/mol. The van der Waals surface area contributed by atoms with Crippen LogP contribution in [0.1, 0.15) is 40.0 Å². The molecule has 1 atom stereocenters. The van der Waals surface area contributed by atoms with E-state index in [1.165, 1.54) is 7.11 Å². The molecule has 1 unspecified atom stereocenters. The minimum Gasteiger partial charge on any atom is -0.469 e. The van der Waals surface area contributed by atoms with Gasteiger partial charge in [0, 0.05) is 43.6 Å². The summed E-state index contributed by atoms with van der Waals surface area (Å²) in [6.45, 7) is 10.5. The van der Waals surface area contributed by atoms with E-state index >= 15 is 0 Å². The number of guanidine groups is 1. The minimum absolute atomic E-state index is 0.135. The molecule has 0 aromatic heterocycles. The molecule has 1 aliphatic rings. The lowest BCUT2D eigenvalue weighted by atomic mass is 10.1. The van der Waals surface area contributed by atoms with Crippen molar-refractivity contribution in [2.45, 2.75) is 45.3 Å². The van der Waals surface area contributed by atoms with E-state index in [4.69, 9.17) is 4.99 Å². The highest BCUT2D eigenvalue weighted by molar-refractivity contribution is 8.00. The first-order valence-corrected chi connectivity index (χ1v) is 9.35. The van der Waals surface area contributed by atoms with E-state index in [0.717, 1.165) is 50.7 Å². The maximum Gasteiger partial charge on any atom is 0.305 e. The van der Waals surface area contributed by atoms with Crippen LogP contribution >= 0.6 is 11.8 Å². The van der Waals surface area contributed by atoms with Crippen LogP contribution in [0.15, 0.2) is 4.99 Å². The zero-order valence-electron chi connectivity index (χ0n) is 14.4. The Morgan fingerprint density at radius 2 is 2.23 bits per heavy atom. The van der Waals surface area contributed by atoms with Crippen molar-refractivity contribution in [1.82, 2.24) is 10.2 Å². The van der Waals surface area contributed by atoms with Gasteiger partial charge in [-0.25, -0.2) is 0 Å². The molecule has 6 heteroatoms. The van der Waals surface area contributed by atoms with Crippen molar-refractivity contribution >= 4 is 23.7 Å². The molecule has 0 aromatic carbocycles. The molecular formula is C16H31N3O2S. The summed E-state index contributed by atoms with van der Waals surface area (Å²) in [7, 11) is 1.43. The third-order valence-electron chi connectivity index (χ3n) is 3.75. The Labute approximate surface area is 139 Å². The zero-order chi connectivity index (χ0) is 16.4. The van der Waals surface area contributed by atoms with Crippen LogP contribution in [-0.2, 0) is 9.53 Å². The Morgan fingerprint density at radius 1 is 1.45 bits per heavy atom. The van der Waals surface area contributed by atoms with Gasteiger partial charge in [-0.05, 0) is 25.7 Å². The van der Waals surface area contributed by atoms with Crippen LogP contribution in [0.3, 0.4) is 0 Å². The number of carbonyl (C=O) groups excluding carboxylic acids is 1. The fourth-order valence-electron chi connectivity index (χ4n) is 2.37. The average molecular weight is 330 g/mol. The van der Waals surface area contributed by atoms with E-state index in [-0.39, 0.29) is 5.97 Å². The summed E-state index contributed by atoms with van der Waals surface area (Å²) in [5.41, 5.74) is 0. The smallest absolute Gasteiger partial charge is 0.305 e. The predicted molar refractivity (Wildman–Crippen MR) is 94.5 cm³/mol. The number of nitrogens with zero attached hydrogens (tertiary/aromatic N) is 2. The second-order valence-electron chi connectivity index (χ2n) is 5.87. The van der Waals surface area contributed by atoms with Crippen molar-refractivity contribution in [1.29, 1.82) is 0 Å². The van der Waals surface area contributed by atoms with E-state index in [0.29, 0.717) is 17.6 Å². The molecule has 5 nitrogen and oxygen atoms in total. The van der Waals surface area contributed by atoms with Gasteiger partial charge in [-0.1, -0.05) is 13.8 Å². The third-order valence-corrected chi connectivity index (χ3v) is 5.29. The Balaban J connectivity index is 2.45. The SMILES string of the molecule is CCNC(=NCCCCC(=O)OC)N1CCSC(C(C)C)C1. The van der Waals surface area contributed by atoms with Crippen molar-refractivity contribution < 1.29 is 9.53 Å². The fraction of sp³-hybridized carbons (Fsp3) is 0.875. The number of nitrogens with one attached hydrogen (secondary N) is 1. The molecule has 0 radical (unpaired) electrons. The van der Waals surface area contributed by atoms with Crippen molar-refractivity contribution in [2.24, 2.45) is 10.9 Å². The summed E-state index contributed by atoms with van der Waals surface area (Å²) in [5, 5.41) is 4.08. The first-order valence-electron chi connectivity index (χ1n) is 8.30. The van der Waals surface area contributed by atoms with Gasteiger partial charge in [0.25, 0.3) is 0 Å². The number of unbranched alkanes of at least 4 members (excludes halogenated alkanes) is 1. The van der Waals surface area contributed by atoms with Crippen molar-refractivity contribution in [2.75, 3.05) is 39.0 Å². The first kappa shape index (κ1) is 19.1. The van der Waals surface area contributed by atoms with Gasteiger partial charge in [0.1, 0.15) is 0 Å². The molecule has 0 saturated carbocycles. The van der Waals surface area contributed by atoms with Gasteiger partial charge < -0.3 is 15.0 Å². The maximum atomic E-state index is 11.1. The number of hydrogen-bond donors (Lipinski definition) is 1. The van der Waals surface area contributed by atoms with Gasteiger partial charge in [-0.15, -0.1) is 0 Å². The normalized spacial score (nSPS) is 19.4. The molecule has 1 N–H and O–H groups in total. The summed E-state index contributed by atoms with van der Waals surface area (Å²) in [6.07, 6.45) is 2.23. The lowest BCUT2D eigenvalue weighted by Crippen LogP contribution is -2.49. The van der Waals surface area contributed by atoms with Crippen LogP contribution in [0.5, 0.6) is 0 Å². The molecule has 1 saturated heterocycles. The Bertz CT molecular complexity index is 361. The summed E-state index contributed by atoms with van der Waals surface area (Å²) >= 11 is 2.07. The lowest BCUT2D eigenvalue weighted by molar-refractivity contribution is -0.140. The third kappa shape index (κ3) is 6.90. The standard InChI is InChI=1S/C16H31N3O2S/c1-5-17-16(18-9-7-6-8-15(20)21-4)19-10-11-22-14(12-19)13(2)3/h13-14H,5-12H2,1-4H3,(H,17,18). The van der Waals surface area contributed by atoms with Gasteiger partial charge in [-0.2, -0.15) is 11.8 Å². The van der Waals surface area contributed by atoms with Crippen molar-refractivity contribution in [3.8, 4) is 0 Å². The van der Waals surface area contributed by atoms with Gasteiger partial charge in [0.05, 0.1) is 7.11 Å². The highest BCUT2D eigenvalue weighted by Crippen LogP contribution is 2.24. The van der Waals surface area contributed by atoms with Crippen LogP contribution in [0.2, 0.25) is 0 Å². The quantitative estimate of drug-likeness (QED) is 0.336. The first-order chi connectivity index (χ1) is 10.6. The number of rotatable bonds is 7. The van der Waals surface area contributed by atoms with Crippen molar-refractivity contribution in [3.63, 3.8) is 0 Å². The number of methoxy groups -OCH3 is 1. The topological polar surface area (TPSA) is 53.9 Å². The Kier molecular flexibility index (Phi) is 9.36. The average Bonchev–Trinajstić information content (AvgIpc) is 2.53. The van der Waals surface area contributed by atoms with E-state index < -0.39 is 0 Å². The molecule has 1 heterocycles. The lowest BCUT2D eigenvalue weighted by Gasteiger charge is -2.36. The number of carbonyl (C=O) groups is 1. The largest absolute Gasteiger partial charge is 0.469 e.